The quantitative estimate of drug-likeness (QED) is 0.831. The van der Waals surface area contributed by atoms with Crippen LogP contribution in [0.2, 0.25) is 0 Å². The molecule has 2 bridgehead atoms. The fraction of sp³-hybridized carbons (Fsp3) is 0.556. The Hall–Kier alpha value is -2.40. The van der Waals surface area contributed by atoms with Gasteiger partial charge in [0.1, 0.15) is 6.10 Å². The lowest BCUT2D eigenvalue weighted by atomic mass is 9.51. The highest BCUT2D eigenvalue weighted by molar-refractivity contribution is 7.10. The van der Waals surface area contributed by atoms with Crippen molar-refractivity contribution < 1.29 is 9.47 Å². The van der Waals surface area contributed by atoms with Crippen LogP contribution in [0.4, 0.5) is 0 Å². The first kappa shape index (κ1) is 16.1. The first-order valence-electron chi connectivity index (χ1n) is 8.22. The Bertz CT molecular complexity index is 847. The molecule has 3 fully saturated rings. The molecule has 5 atom stereocenters. The zero-order chi connectivity index (χ0) is 17.9. The van der Waals surface area contributed by atoms with Crippen molar-refractivity contribution in [3.8, 4) is 18.2 Å². The van der Waals surface area contributed by atoms with Crippen LogP contribution in [0.1, 0.15) is 37.2 Å². The van der Waals surface area contributed by atoms with Crippen LogP contribution >= 0.6 is 11.3 Å². The van der Waals surface area contributed by atoms with E-state index < -0.39 is 28.6 Å². The molecule has 0 spiro atoms. The van der Waals surface area contributed by atoms with Crippen LogP contribution in [0, 0.1) is 62.1 Å². The lowest BCUT2D eigenvalue weighted by Crippen LogP contribution is -2.60. The van der Waals surface area contributed by atoms with Gasteiger partial charge in [-0.15, -0.1) is 11.3 Å². The molecule has 2 aliphatic heterocycles. The Morgan fingerprint density at radius 2 is 2.04 bits per heavy atom. The van der Waals surface area contributed by atoms with Gasteiger partial charge in [0.25, 0.3) is 0 Å². The second kappa shape index (κ2) is 5.05. The van der Waals surface area contributed by atoms with Crippen LogP contribution < -0.4 is 0 Å². The van der Waals surface area contributed by atoms with Crippen LogP contribution in [0.5, 0.6) is 0 Å². The molecule has 1 aromatic rings. The molecule has 0 aromatic carbocycles. The van der Waals surface area contributed by atoms with Gasteiger partial charge < -0.3 is 9.47 Å². The van der Waals surface area contributed by atoms with Crippen molar-refractivity contribution in [3.63, 3.8) is 0 Å². The number of nitriles is 3. The highest BCUT2D eigenvalue weighted by Gasteiger charge is 2.80. The molecular formula is C18H16N4O2S. The van der Waals surface area contributed by atoms with E-state index in [1.54, 1.807) is 6.07 Å². The maximum absolute atomic E-state index is 10.1. The normalized spacial score (nSPS) is 40.9. The summed E-state index contributed by atoms with van der Waals surface area (Å²) in [6, 6.07) is 9.97. The van der Waals surface area contributed by atoms with Crippen LogP contribution in [0.3, 0.4) is 0 Å². The van der Waals surface area contributed by atoms with Gasteiger partial charge in [-0.3, -0.25) is 5.41 Å². The highest BCUT2D eigenvalue weighted by atomic mass is 32.1. The third-order valence-electron chi connectivity index (χ3n) is 5.97. The van der Waals surface area contributed by atoms with Gasteiger partial charge in [-0.25, -0.2) is 0 Å². The number of nitrogens with zero attached hydrogens (tertiary/aromatic N) is 3. The molecule has 0 radical (unpaired) electrons. The first-order valence-corrected chi connectivity index (χ1v) is 9.10. The van der Waals surface area contributed by atoms with Crippen LogP contribution in [-0.2, 0) is 9.47 Å². The van der Waals surface area contributed by atoms with Crippen molar-refractivity contribution in [2.45, 2.75) is 38.1 Å². The van der Waals surface area contributed by atoms with Gasteiger partial charge in [-0.05, 0) is 30.2 Å². The summed E-state index contributed by atoms with van der Waals surface area (Å²) in [5, 5.41) is 40.5. The van der Waals surface area contributed by atoms with Crippen LogP contribution in [-0.4, -0.2) is 11.7 Å². The Morgan fingerprint density at radius 1 is 1.28 bits per heavy atom. The van der Waals surface area contributed by atoms with Gasteiger partial charge in [0.2, 0.25) is 17.1 Å². The van der Waals surface area contributed by atoms with E-state index in [-0.39, 0.29) is 5.90 Å². The number of nitrogens with one attached hydrogen (secondary N) is 1. The lowest BCUT2D eigenvalue weighted by Gasteiger charge is -2.52. The van der Waals surface area contributed by atoms with Gasteiger partial charge in [0, 0.05) is 11.3 Å². The van der Waals surface area contributed by atoms with Gasteiger partial charge >= 0.3 is 0 Å². The number of thiophene rings is 1. The molecule has 0 amide bonds. The van der Waals surface area contributed by atoms with Crippen molar-refractivity contribution >= 4 is 17.2 Å². The largest absolute Gasteiger partial charge is 0.447 e. The summed E-state index contributed by atoms with van der Waals surface area (Å²) in [5.41, 5.74) is -3.43. The van der Waals surface area contributed by atoms with Gasteiger partial charge in [-0.2, -0.15) is 15.8 Å². The summed E-state index contributed by atoms with van der Waals surface area (Å²) in [6.07, 6.45) is 1.10. The third-order valence-corrected chi connectivity index (χ3v) is 6.89. The van der Waals surface area contributed by atoms with E-state index in [0.717, 1.165) is 6.42 Å². The zero-order valence-corrected chi connectivity index (χ0v) is 14.5. The minimum atomic E-state index is -1.81. The molecule has 3 aliphatic rings. The highest BCUT2D eigenvalue weighted by Crippen LogP contribution is 2.70. The summed E-state index contributed by atoms with van der Waals surface area (Å²) < 4.78 is 12.2. The van der Waals surface area contributed by atoms with E-state index in [1.165, 1.54) is 11.3 Å². The monoisotopic (exact) mass is 352 g/mol. The van der Waals surface area contributed by atoms with Crippen molar-refractivity contribution in [2.24, 2.45) is 22.7 Å². The van der Waals surface area contributed by atoms with Crippen LogP contribution in [0.25, 0.3) is 0 Å². The molecular weight excluding hydrogens is 336 g/mol. The third kappa shape index (κ3) is 1.66. The molecule has 25 heavy (non-hydrogen) atoms. The summed E-state index contributed by atoms with van der Waals surface area (Å²) in [5.74, 6) is -1.56. The Kier molecular flexibility index (Phi) is 3.25. The van der Waals surface area contributed by atoms with E-state index in [1.807, 2.05) is 11.4 Å². The predicted molar refractivity (Wildman–Crippen MR) is 87.9 cm³/mol. The molecule has 1 saturated carbocycles. The van der Waals surface area contributed by atoms with E-state index in [0.29, 0.717) is 23.6 Å². The van der Waals surface area contributed by atoms with E-state index in [4.69, 9.17) is 14.9 Å². The Labute approximate surface area is 149 Å². The van der Waals surface area contributed by atoms with Crippen molar-refractivity contribution in [1.82, 2.24) is 0 Å². The smallest absolute Gasteiger partial charge is 0.217 e. The minimum absolute atomic E-state index is 0.295. The number of hydrogen-bond donors (Lipinski definition) is 1. The summed E-state index contributed by atoms with van der Waals surface area (Å²) >= 11 is 1.38. The fourth-order valence-electron chi connectivity index (χ4n) is 4.72. The van der Waals surface area contributed by atoms with Crippen molar-refractivity contribution in [1.29, 1.82) is 21.2 Å². The van der Waals surface area contributed by atoms with E-state index in [2.05, 4.69) is 25.1 Å². The van der Waals surface area contributed by atoms with Crippen LogP contribution in [0.15, 0.2) is 17.5 Å². The number of hydrogen-bond acceptors (Lipinski definition) is 7. The van der Waals surface area contributed by atoms with Crippen molar-refractivity contribution in [2.75, 3.05) is 0 Å². The fourth-order valence-corrected chi connectivity index (χ4v) is 5.54. The first-order chi connectivity index (χ1) is 12.0. The standard InChI is InChI=1S/C18H16N4O2S/c1-11-4-5-18-13(7-11)17(10-21,15(22)24-18)16(8-19,9-20)14(23-18)12-3-2-6-25-12/h2-3,6,11,13-14,22H,4-5,7H2,1H3. The minimum Gasteiger partial charge on any atom is -0.447 e. The molecule has 6 nitrogen and oxygen atoms in total. The molecule has 7 heteroatoms. The molecule has 4 rings (SSSR count). The van der Waals surface area contributed by atoms with Gasteiger partial charge in [0.05, 0.1) is 24.1 Å². The molecule has 3 heterocycles. The SMILES string of the molecule is CC1CCC23OC(=N)C(C#N)(C2C1)C(C#N)(C#N)C(c1cccs1)O3. The average molecular weight is 352 g/mol. The van der Waals surface area contributed by atoms with Gasteiger partial charge in [-0.1, -0.05) is 13.0 Å². The second-order valence-corrected chi connectivity index (χ2v) is 8.12. The Balaban J connectivity index is 2.01. The summed E-state index contributed by atoms with van der Waals surface area (Å²) in [6.45, 7) is 2.08. The molecule has 1 aromatic heterocycles. The average Bonchev–Trinajstić information content (AvgIpc) is 3.20. The molecule has 1 N–H and O–H groups in total. The maximum Gasteiger partial charge on any atom is 0.217 e. The van der Waals surface area contributed by atoms with Gasteiger partial charge in [0.15, 0.2) is 5.41 Å². The summed E-state index contributed by atoms with van der Waals surface area (Å²) in [7, 11) is 0. The van der Waals surface area contributed by atoms with Crippen molar-refractivity contribution in [3.05, 3.63) is 22.4 Å². The molecule has 126 valence electrons. The molecule has 1 aliphatic carbocycles. The Morgan fingerprint density at radius 3 is 2.64 bits per heavy atom. The second-order valence-electron chi connectivity index (χ2n) is 7.14. The van der Waals surface area contributed by atoms with E-state index in [9.17, 15) is 15.8 Å². The number of ether oxygens (including phenoxy) is 2. The lowest BCUT2D eigenvalue weighted by molar-refractivity contribution is -0.297. The number of rotatable bonds is 1. The predicted octanol–water partition coefficient (Wildman–Crippen LogP) is 3.50. The molecule has 5 unspecified atom stereocenters. The maximum atomic E-state index is 10.1. The van der Waals surface area contributed by atoms with E-state index >= 15 is 0 Å². The summed E-state index contributed by atoms with van der Waals surface area (Å²) in [4.78, 5) is 0.706. The zero-order valence-electron chi connectivity index (χ0n) is 13.7. The topological polar surface area (TPSA) is 114 Å². The molecule has 2 saturated heterocycles.